The van der Waals surface area contributed by atoms with E-state index in [1.165, 1.54) is 6.42 Å². The van der Waals surface area contributed by atoms with Crippen LogP contribution in [0.3, 0.4) is 0 Å². The third-order valence-electron chi connectivity index (χ3n) is 7.06. The number of amides is 4. The van der Waals surface area contributed by atoms with Gasteiger partial charge in [0, 0.05) is 13.1 Å². The van der Waals surface area contributed by atoms with Gasteiger partial charge in [-0.2, -0.15) is 0 Å². The Morgan fingerprint density at radius 2 is 1.69 bits per heavy atom. The number of rotatable bonds is 5. The van der Waals surface area contributed by atoms with Crippen molar-refractivity contribution in [3.8, 4) is 0 Å². The first kappa shape index (κ1) is 22.1. The molecule has 6 heteroatoms. The summed E-state index contributed by atoms with van der Waals surface area (Å²) in [6, 6.07) is 14.7. The van der Waals surface area contributed by atoms with Crippen LogP contribution in [0.5, 0.6) is 0 Å². The van der Waals surface area contributed by atoms with E-state index in [1.807, 2.05) is 62.4 Å². The van der Waals surface area contributed by atoms with Crippen molar-refractivity contribution in [3.63, 3.8) is 0 Å². The number of aryl methyl sites for hydroxylation is 2. The molecule has 1 aliphatic carbocycles. The molecule has 4 rings (SSSR count). The van der Waals surface area contributed by atoms with Gasteiger partial charge in [0.25, 0.3) is 5.91 Å². The third-order valence-corrected chi connectivity index (χ3v) is 7.06. The van der Waals surface area contributed by atoms with Crippen LogP contribution in [0.1, 0.15) is 54.4 Å². The summed E-state index contributed by atoms with van der Waals surface area (Å²) in [5, 5.41) is 2.94. The standard InChI is InChI=1S/C26H31N3O3/c1-18-14-15-21(16-19(18)2)26(20-10-6-4-7-11-20)24(31)29(25(32)27-26)17-23(30)28(3)22-12-8-5-9-13-22/h4,6-7,10-11,14-16,22H,5,8-9,12-13,17H2,1-3H3,(H,27,32)/t26-/m0/s1. The first-order chi connectivity index (χ1) is 15.3. The number of hydrogen-bond donors (Lipinski definition) is 1. The zero-order chi connectivity index (χ0) is 22.9. The molecule has 0 unspecified atom stereocenters. The number of likely N-dealkylation sites (N-methyl/N-ethyl adjacent to an activating group) is 1. The van der Waals surface area contributed by atoms with Gasteiger partial charge in [-0.15, -0.1) is 0 Å². The summed E-state index contributed by atoms with van der Waals surface area (Å²) >= 11 is 0. The molecule has 1 saturated heterocycles. The summed E-state index contributed by atoms with van der Waals surface area (Å²) in [6.45, 7) is 3.74. The Balaban J connectivity index is 1.67. The fourth-order valence-corrected chi connectivity index (χ4v) is 4.86. The lowest BCUT2D eigenvalue weighted by Gasteiger charge is -2.32. The Hall–Kier alpha value is -3.15. The normalized spacial score (nSPS) is 21.5. The number of nitrogens with zero attached hydrogens (tertiary/aromatic N) is 2. The number of imide groups is 1. The number of carbonyl (C=O) groups is 3. The molecule has 6 nitrogen and oxygen atoms in total. The van der Waals surface area contributed by atoms with Crippen LogP contribution in [0.25, 0.3) is 0 Å². The van der Waals surface area contributed by atoms with E-state index in [2.05, 4.69) is 5.32 Å². The number of carbonyl (C=O) groups excluding carboxylic acids is 3. The van der Waals surface area contributed by atoms with E-state index in [1.54, 1.807) is 11.9 Å². The van der Waals surface area contributed by atoms with Crippen molar-refractivity contribution < 1.29 is 14.4 Å². The molecule has 1 aliphatic heterocycles. The lowest BCUT2D eigenvalue weighted by Crippen LogP contribution is -2.47. The smallest absolute Gasteiger partial charge is 0.326 e. The minimum Gasteiger partial charge on any atom is -0.341 e. The molecule has 1 saturated carbocycles. The molecule has 2 aromatic rings. The Labute approximate surface area is 189 Å². The van der Waals surface area contributed by atoms with Crippen molar-refractivity contribution in [3.05, 3.63) is 70.8 Å². The molecule has 0 bridgehead atoms. The Kier molecular flexibility index (Phi) is 6.04. The monoisotopic (exact) mass is 433 g/mol. The molecule has 168 valence electrons. The summed E-state index contributed by atoms with van der Waals surface area (Å²) in [5.41, 5.74) is 2.17. The largest absolute Gasteiger partial charge is 0.341 e. The molecule has 4 amide bonds. The quantitative estimate of drug-likeness (QED) is 0.728. The molecule has 0 aromatic heterocycles. The fourth-order valence-electron chi connectivity index (χ4n) is 4.86. The molecule has 1 heterocycles. The highest BCUT2D eigenvalue weighted by molar-refractivity contribution is 6.11. The SMILES string of the molecule is Cc1ccc([C@]2(c3ccccc3)NC(=O)N(CC(=O)N(C)C3CCCCC3)C2=O)cc1C. The zero-order valence-electron chi connectivity index (χ0n) is 19.1. The molecular formula is C26H31N3O3. The molecule has 0 spiro atoms. The van der Waals surface area contributed by atoms with Crippen molar-refractivity contribution in [2.24, 2.45) is 0 Å². The van der Waals surface area contributed by atoms with Gasteiger partial charge in [-0.3, -0.25) is 14.5 Å². The van der Waals surface area contributed by atoms with Crippen LogP contribution in [0.2, 0.25) is 0 Å². The Bertz CT molecular complexity index is 1030. The molecule has 1 N–H and O–H groups in total. The van der Waals surface area contributed by atoms with Gasteiger partial charge in [-0.25, -0.2) is 4.79 Å². The van der Waals surface area contributed by atoms with Crippen molar-refractivity contribution in [2.45, 2.75) is 57.5 Å². The first-order valence-electron chi connectivity index (χ1n) is 11.4. The van der Waals surface area contributed by atoms with Crippen molar-refractivity contribution in [1.82, 2.24) is 15.1 Å². The van der Waals surface area contributed by atoms with Crippen molar-refractivity contribution in [1.29, 1.82) is 0 Å². The number of nitrogens with one attached hydrogen (secondary N) is 1. The minimum atomic E-state index is -1.35. The van der Waals surface area contributed by atoms with Crippen LogP contribution in [-0.2, 0) is 15.1 Å². The second kappa shape index (κ2) is 8.77. The maximum absolute atomic E-state index is 13.8. The third kappa shape index (κ3) is 3.78. The Morgan fingerprint density at radius 3 is 2.34 bits per heavy atom. The molecular weight excluding hydrogens is 402 g/mol. The topological polar surface area (TPSA) is 69.7 Å². The van der Waals surface area contributed by atoms with Gasteiger partial charge >= 0.3 is 6.03 Å². The second-order valence-corrected chi connectivity index (χ2v) is 9.03. The predicted octanol–water partition coefficient (Wildman–Crippen LogP) is 3.89. The van der Waals surface area contributed by atoms with E-state index in [4.69, 9.17) is 0 Å². The van der Waals surface area contributed by atoms with Crippen LogP contribution in [0.15, 0.2) is 48.5 Å². The average molecular weight is 434 g/mol. The van der Waals surface area contributed by atoms with Gasteiger partial charge in [-0.1, -0.05) is 67.8 Å². The van der Waals surface area contributed by atoms with Gasteiger partial charge in [0.2, 0.25) is 5.91 Å². The van der Waals surface area contributed by atoms with Crippen LogP contribution in [0.4, 0.5) is 4.79 Å². The van der Waals surface area contributed by atoms with E-state index in [0.717, 1.165) is 41.7 Å². The molecule has 0 radical (unpaired) electrons. The molecule has 2 aliphatic rings. The molecule has 32 heavy (non-hydrogen) atoms. The first-order valence-corrected chi connectivity index (χ1v) is 11.4. The predicted molar refractivity (Wildman–Crippen MR) is 123 cm³/mol. The van der Waals surface area contributed by atoms with Gasteiger partial charge in [0.15, 0.2) is 5.54 Å². The summed E-state index contributed by atoms with van der Waals surface area (Å²) in [7, 11) is 1.78. The van der Waals surface area contributed by atoms with E-state index in [-0.39, 0.29) is 18.5 Å². The van der Waals surface area contributed by atoms with Crippen LogP contribution in [-0.4, -0.2) is 47.3 Å². The zero-order valence-corrected chi connectivity index (χ0v) is 19.1. The lowest BCUT2D eigenvalue weighted by molar-refractivity contribution is -0.139. The molecule has 1 atom stereocenters. The van der Waals surface area contributed by atoms with Gasteiger partial charge in [0.1, 0.15) is 6.54 Å². The van der Waals surface area contributed by atoms with Crippen LogP contribution < -0.4 is 5.32 Å². The highest BCUT2D eigenvalue weighted by Gasteiger charge is 2.54. The Morgan fingerprint density at radius 1 is 1.00 bits per heavy atom. The van der Waals surface area contributed by atoms with E-state index in [9.17, 15) is 14.4 Å². The van der Waals surface area contributed by atoms with Gasteiger partial charge in [0.05, 0.1) is 0 Å². The van der Waals surface area contributed by atoms with Crippen molar-refractivity contribution in [2.75, 3.05) is 13.6 Å². The summed E-state index contributed by atoms with van der Waals surface area (Å²) in [4.78, 5) is 42.7. The highest BCUT2D eigenvalue weighted by Crippen LogP contribution is 2.37. The highest BCUT2D eigenvalue weighted by atomic mass is 16.2. The molecule has 2 fully saturated rings. The van der Waals surface area contributed by atoms with Gasteiger partial charge < -0.3 is 10.2 Å². The number of benzene rings is 2. The van der Waals surface area contributed by atoms with Crippen LogP contribution >= 0.6 is 0 Å². The summed E-state index contributed by atoms with van der Waals surface area (Å²) < 4.78 is 0. The van der Waals surface area contributed by atoms with E-state index >= 15 is 0 Å². The summed E-state index contributed by atoms with van der Waals surface area (Å²) in [5.74, 6) is -0.619. The average Bonchev–Trinajstić information content (AvgIpc) is 3.07. The lowest BCUT2D eigenvalue weighted by atomic mass is 9.81. The maximum atomic E-state index is 13.8. The van der Waals surface area contributed by atoms with E-state index in [0.29, 0.717) is 11.1 Å². The number of urea groups is 1. The summed E-state index contributed by atoms with van der Waals surface area (Å²) in [6.07, 6.45) is 5.35. The minimum absolute atomic E-state index is 0.177. The second-order valence-electron chi connectivity index (χ2n) is 9.03. The maximum Gasteiger partial charge on any atom is 0.326 e. The molecule has 2 aromatic carbocycles. The van der Waals surface area contributed by atoms with E-state index < -0.39 is 17.5 Å². The van der Waals surface area contributed by atoms with Gasteiger partial charge in [-0.05, 0) is 48.9 Å². The fraction of sp³-hybridized carbons (Fsp3) is 0.423. The van der Waals surface area contributed by atoms with Crippen molar-refractivity contribution >= 4 is 17.8 Å². The number of hydrogen-bond acceptors (Lipinski definition) is 3. The van der Waals surface area contributed by atoms with Crippen LogP contribution in [0, 0.1) is 13.8 Å².